The van der Waals surface area contributed by atoms with E-state index in [1.54, 1.807) is 0 Å². The molecule has 0 unspecified atom stereocenters. The number of hydrogen-bond acceptors (Lipinski definition) is 2. The first-order valence-corrected chi connectivity index (χ1v) is 9.83. The predicted molar refractivity (Wildman–Crippen MR) is 72.4 cm³/mol. The Balaban J connectivity index is 3.84. The molecule has 0 amide bonds. The van der Waals surface area contributed by atoms with Crippen LogP contribution in [0.3, 0.4) is 0 Å². The van der Waals surface area contributed by atoms with Crippen LogP contribution in [0.2, 0.25) is 0 Å². The summed E-state index contributed by atoms with van der Waals surface area (Å²) < 4.78 is 11.5. The van der Waals surface area contributed by atoms with Crippen LogP contribution < -0.4 is 0 Å². The molecule has 0 spiro atoms. The smallest absolute Gasteiger partial charge is 0.0559 e. The summed E-state index contributed by atoms with van der Waals surface area (Å²) in [6.07, 6.45) is 1.20. The lowest BCUT2D eigenvalue weighted by atomic mass is 9.99. The van der Waals surface area contributed by atoms with Crippen LogP contribution in [0.4, 0.5) is 0 Å². The van der Waals surface area contributed by atoms with Crippen LogP contribution in [0.25, 0.3) is 0 Å². The molecule has 0 heterocycles. The Labute approximate surface area is 97.8 Å². The van der Waals surface area contributed by atoms with Crippen molar-refractivity contribution < 1.29 is 9.05 Å². The van der Waals surface area contributed by atoms with Crippen LogP contribution in [-0.2, 0) is 9.05 Å². The Bertz CT molecular complexity index is 138. The van der Waals surface area contributed by atoms with Crippen molar-refractivity contribution in [1.29, 1.82) is 0 Å². The van der Waals surface area contributed by atoms with Crippen molar-refractivity contribution in [2.24, 2.45) is 11.8 Å². The maximum absolute atomic E-state index is 5.73. The Kier molecular flexibility index (Phi) is 9.34. The Morgan fingerprint density at radius 2 is 1.27 bits per heavy atom. The highest BCUT2D eigenvalue weighted by Gasteiger charge is 2.13. The third-order valence-electron chi connectivity index (χ3n) is 1.94. The molecule has 4 heteroatoms. The van der Waals surface area contributed by atoms with Crippen molar-refractivity contribution >= 4 is 16.3 Å². The van der Waals surface area contributed by atoms with Crippen LogP contribution in [0.15, 0.2) is 0 Å². The monoisotopic (exact) mass is 252 g/mol. The lowest BCUT2D eigenvalue weighted by Crippen LogP contribution is -2.16. The van der Waals surface area contributed by atoms with Gasteiger partial charge in [-0.1, -0.05) is 13.8 Å². The van der Waals surface area contributed by atoms with E-state index < -0.39 is 0 Å². The summed E-state index contributed by atoms with van der Waals surface area (Å²) in [4.78, 5) is 0. The maximum atomic E-state index is 5.73. The van der Waals surface area contributed by atoms with Gasteiger partial charge < -0.3 is 9.05 Å². The molecule has 92 valence electrons. The fourth-order valence-corrected chi connectivity index (χ4v) is 2.38. The first-order valence-electron chi connectivity index (χ1n) is 5.52. The van der Waals surface area contributed by atoms with Gasteiger partial charge in [-0.15, -0.1) is 0 Å². The highest BCUT2D eigenvalue weighted by molar-refractivity contribution is 7.51. The molecule has 0 aliphatic rings. The van der Waals surface area contributed by atoms with Gasteiger partial charge in [0.2, 0.25) is 0 Å². The number of rotatable bonds is 8. The van der Waals surface area contributed by atoms with Gasteiger partial charge in [0.1, 0.15) is 0 Å². The summed E-state index contributed by atoms with van der Waals surface area (Å²) in [5.74, 6) is 1.29. The normalized spacial score (nSPS) is 12.4. The quantitative estimate of drug-likeness (QED) is 0.608. The summed E-state index contributed by atoms with van der Waals surface area (Å²) in [7, 11) is -0.469. The molecule has 0 bridgehead atoms. The van der Waals surface area contributed by atoms with Gasteiger partial charge in [0.15, 0.2) is 0 Å². The first-order chi connectivity index (χ1) is 6.91. The van der Waals surface area contributed by atoms with E-state index in [1.165, 1.54) is 6.42 Å². The fourth-order valence-electron chi connectivity index (χ4n) is 1.36. The van der Waals surface area contributed by atoms with Crippen LogP contribution in [0.5, 0.6) is 0 Å². The van der Waals surface area contributed by atoms with E-state index in [1.807, 2.05) is 0 Å². The standard InChI is InChI=1S/C11H26O2P2/c1-10(2)7-11(8-12-14(3)4)9-13-15(5)6/h10-11H,7-9H2,1-6H3. The van der Waals surface area contributed by atoms with Gasteiger partial charge in [0.05, 0.1) is 13.2 Å². The van der Waals surface area contributed by atoms with E-state index in [0.717, 1.165) is 19.1 Å². The largest absolute Gasteiger partial charge is 0.359 e. The van der Waals surface area contributed by atoms with Crippen LogP contribution >= 0.6 is 16.3 Å². The molecule has 2 nitrogen and oxygen atoms in total. The van der Waals surface area contributed by atoms with Gasteiger partial charge in [-0.05, 0) is 39.0 Å². The van der Waals surface area contributed by atoms with Crippen molar-refractivity contribution in [3.8, 4) is 0 Å². The van der Waals surface area contributed by atoms with E-state index in [-0.39, 0.29) is 16.3 Å². The molecule has 0 radical (unpaired) electrons. The topological polar surface area (TPSA) is 18.5 Å². The lowest BCUT2D eigenvalue weighted by molar-refractivity contribution is 0.178. The van der Waals surface area contributed by atoms with E-state index in [9.17, 15) is 0 Å². The molecular weight excluding hydrogens is 226 g/mol. The summed E-state index contributed by atoms with van der Waals surface area (Å²) in [6.45, 7) is 14.8. The molecule has 0 aromatic heterocycles. The van der Waals surface area contributed by atoms with Crippen LogP contribution in [-0.4, -0.2) is 39.9 Å². The summed E-state index contributed by atoms with van der Waals surface area (Å²) in [5.41, 5.74) is 0. The third kappa shape index (κ3) is 11.1. The molecule has 15 heavy (non-hydrogen) atoms. The minimum Gasteiger partial charge on any atom is -0.359 e. The van der Waals surface area contributed by atoms with Gasteiger partial charge in [-0.2, -0.15) is 0 Å². The highest BCUT2D eigenvalue weighted by Crippen LogP contribution is 2.31. The second-order valence-electron chi connectivity index (χ2n) is 4.71. The van der Waals surface area contributed by atoms with E-state index in [0.29, 0.717) is 5.92 Å². The lowest BCUT2D eigenvalue weighted by Gasteiger charge is -2.21. The summed E-state index contributed by atoms with van der Waals surface area (Å²) in [5, 5.41) is 0. The predicted octanol–water partition coefficient (Wildman–Crippen LogP) is 3.99. The Hall–Kier alpha value is 0.780. The SMILES string of the molecule is CC(C)CC(COP(C)C)COP(C)C. The summed E-state index contributed by atoms with van der Waals surface area (Å²) >= 11 is 0. The van der Waals surface area contributed by atoms with Gasteiger partial charge in [0, 0.05) is 22.2 Å². The second kappa shape index (κ2) is 8.88. The minimum absolute atomic E-state index is 0.234. The molecule has 0 aromatic carbocycles. The van der Waals surface area contributed by atoms with Crippen molar-refractivity contribution in [2.45, 2.75) is 20.3 Å². The zero-order chi connectivity index (χ0) is 11.8. The minimum atomic E-state index is -0.234. The van der Waals surface area contributed by atoms with Gasteiger partial charge in [-0.3, -0.25) is 0 Å². The second-order valence-corrected chi connectivity index (χ2v) is 8.48. The zero-order valence-electron chi connectivity index (χ0n) is 11.0. The van der Waals surface area contributed by atoms with Crippen molar-refractivity contribution in [2.75, 3.05) is 39.9 Å². The van der Waals surface area contributed by atoms with E-state index in [2.05, 4.69) is 40.5 Å². The van der Waals surface area contributed by atoms with Crippen molar-refractivity contribution in [1.82, 2.24) is 0 Å². The molecule has 0 aromatic rings. The van der Waals surface area contributed by atoms with Crippen molar-refractivity contribution in [3.63, 3.8) is 0 Å². The average Bonchev–Trinajstić information content (AvgIpc) is 2.08. The average molecular weight is 252 g/mol. The fraction of sp³-hybridized carbons (Fsp3) is 1.00. The van der Waals surface area contributed by atoms with Crippen LogP contribution in [0, 0.1) is 11.8 Å². The van der Waals surface area contributed by atoms with Gasteiger partial charge in [-0.25, -0.2) is 0 Å². The Morgan fingerprint density at radius 3 is 1.53 bits per heavy atom. The summed E-state index contributed by atoms with van der Waals surface area (Å²) in [6, 6.07) is 0. The van der Waals surface area contributed by atoms with E-state index >= 15 is 0 Å². The van der Waals surface area contributed by atoms with Gasteiger partial charge >= 0.3 is 0 Å². The molecule has 0 saturated heterocycles. The highest BCUT2D eigenvalue weighted by atomic mass is 31.1. The molecule has 0 aliphatic heterocycles. The molecule has 0 fully saturated rings. The van der Waals surface area contributed by atoms with E-state index in [4.69, 9.17) is 9.05 Å². The molecule has 0 saturated carbocycles. The Morgan fingerprint density at radius 1 is 0.867 bits per heavy atom. The molecule has 0 N–H and O–H groups in total. The molecule has 0 rings (SSSR count). The molecule has 0 aliphatic carbocycles. The first kappa shape index (κ1) is 15.8. The van der Waals surface area contributed by atoms with Gasteiger partial charge in [0.25, 0.3) is 0 Å². The number of hydrogen-bond donors (Lipinski definition) is 0. The van der Waals surface area contributed by atoms with Crippen LogP contribution in [0.1, 0.15) is 20.3 Å². The zero-order valence-corrected chi connectivity index (χ0v) is 12.8. The maximum Gasteiger partial charge on any atom is 0.0559 e. The third-order valence-corrected chi connectivity index (χ3v) is 3.27. The van der Waals surface area contributed by atoms with Crippen molar-refractivity contribution in [3.05, 3.63) is 0 Å². The molecular formula is C11H26O2P2. The molecule has 0 atom stereocenters.